The van der Waals surface area contributed by atoms with Crippen molar-refractivity contribution in [2.24, 2.45) is 5.41 Å². The van der Waals surface area contributed by atoms with E-state index in [2.05, 4.69) is 50.1 Å². The van der Waals surface area contributed by atoms with E-state index in [9.17, 15) is 9.59 Å². The number of ether oxygens (including phenoxy) is 2. The van der Waals surface area contributed by atoms with Gasteiger partial charge in [-0.05, 0) is 69.7 Å². The largest absolute Gasteiger partial charge is 0.349 e. The number of rotatable bonds is 11. The lowest BCUT2D eigenvalue weighted by Gasteiger charge is -2.40. The summed E-state index contributed by atoms with van der Waals surface area (Å²) in [6.45, 7) is 8.10. The first-order valence-corrected chi connectivity index (χ1v) is 14.1. The van der Waals surface area contributed by atoms with Gasteiger partial charge in [0.15, 0.2) is 11.6 Å². The molecule has 0 bridgehead atoms. The van der Waals surface area contributed by atoms with Gasteiger partial charge >= 0.3 is 0 Å². The standard InChI is InChI=1S/C28H36N6O4S/c1-5-19-9-8-10-20(15-19)16-23(35)30-26-34-33-24(39-26)12-7-6-11-21-13-14-22(32-31-21)29-25(36)28(4)17-37-27(2,3)38-18-28/h8-10,13-15H,5-7,11-12,16-18H2,1-4H3,(H,29,32,36)(H,30,34,35). The number of nitrogens with one attached hydrogen (secondary N) is 2. The summed E-state index contributed by atoms with van der Waals surface area (Å²) in [7, 11) is 0. The first-order chi connectivity index (χ1) is 18.6. The average Bonchev–Trinajstić information content (AvgIpc) is 3.36. The molecule has 0 atom stereocenters. The molecule has 0 radical (unpaired) electrons. The minimum atomic E-state index is -0.788. The number of aryl methyl sites for hydroxylation is 3. The van der Waals surface area contributed by atoms with Crippen molar-refractivity contribution in [1.82, 2.24) is 20.4 Å². The number of hydrogen-bond donors (Lipinski definition) is 2. The van der Waals surface area contributed by atoms with Gasteiger partial charge in [0, 0.05) is 6.42 Å². The predicted molar refractivity (Wildman–Crippen MR) is 149 cm³/mol. The van der Waals surface area contributed by atoms with Gasteiger partial charge in [-0.1, -0.05) is 42.5 Å². The zero-order valence-corrected chi connectivity index (χ0v) is 23.8. The number of anilines is 2. The van der Waals surface area contributed by atoms with Gasteiger partial charge in [0.05, 0.1) is 30.7 Å². The maximum Gasteiger partial charge on any atom is 0.236 e. The van der Waals surface area contributed by atoms with E-state index >= 15 is 0 Å². The Balaban J connectivity index is 1.16. The topological polar surface area (TPSA) is 128 Å². The number of hydrogen-bond acceptors (Lipinski definition) is 9. The summed E-state index contributed by atoms with van der Waals surface area (Å²) >= 11 is 1.40. The minimum absolute atomic E-state index is 0.0948. The number of carbonyl (C=O) groups is 2. The summed E-state index contributed by atoms with van der Waals surface area (Å²) in [5.74, 6) is -0.589. The first-order valence-electron chi connectivity index (χ1n) is 13.3. The van der Waals surface area contributed by atoms with Crippen molar-refractivity contribution >= 4 is 34.1 Å². The molecule has 1 aromatic carbocycles. The predicted octanol–water partition coefficient (Wildman–Crippen LogP) is 4.36. The summed E-state index contributed by atoms with van der Waals surface area (Å²) in [5, 5.41) is 23.8. The Morgan fingerprint density at radius 1 is 0.923 bits per heavy atom. The molecule has 0 aliphatic carbocycles. The molecular weight excluding hydrogens is 516 g/mol. The molecule has 208 valence electrons. The molecule has 10 nitrogen and oxygen atoms in total. The van der Waals surface area contributed by atoms with Crippen LogP contribution in [0.2, 0.25) is 0 Å². The van der Waals surface area contributed by atoms with Crippen molar-refractivity contribution < 1.29 is 19.1 Å². The molecule has 2 amide bonds. The van der Waals surface area contributed by atoms with Gasteiger partial charge in [-0.3, -0.25) is 9.59 Å². The van der Waals surface area contributed by atoms with Crippen LogP contribution in [0.1, 0.15) is 62.4 Å². The van der Waals surface area contributed by atoms with Gasteiger partial charge in [-0.25, -0.2) is 0 Å². The lowest BCUT2D eigenvalue weighted by Crippen LogP contribution is -2.50. The van der Waals surface area contributed by atoms with E-state index in [1.54, 1.807) is 13.0 Å². The molecule has 0 spiro atoms. The Labute approximate surface area is 232 Å². The minimum Gasteiger partial charge on any atom is -0.349 e. The average molecular weight is 553 g/mol. The first kappa shape index (κ1) is 28.7. The second-order valence-corrected chi connectivity index (χ2v) is 11.6. The number of carbonyl (C=O) groups excluding carboxylic acids is 2. The third-order valence-corrected chi connectivity index (χ3v) is 7.44. The van der Waals surface area contributed by atoms with Crippen LogP contribution in [0.3, 0.4) is 0 Å². The van der Waals surface area contributed by atoms with E-state index in [1.165, 1.54) is 16.9 Å². The Hall–Kier alpha value is -3.28. The maximum absolute atomic E-state index is 12.7. The van der Waals surface area contributed by atoms with Crippen LogP contribution >= 0.6 is 11.3 Å². The summed E-state index contributed by atoms with van der Waals surface area (Å²) < 4.78 is 11.3. The van der Waals surface area contributed by atoms with E-state index in [0.29, 0.717) is 17.4 Å². The van der Waals surface area contributed by atoms with E-state index in [4.69, 9.17) is 9.47 Å². The van der Waals surface area contributed by atoms with E-state index in [0.717, 1.165) is 48.4 Å². The van der Waals surface area contributed by atoms with Gasteiger partial charge in [-0.2, -0.15) is 5.10 Å². The van der Waals surface area contributed by atoms with Crippen molar-refractivity contribution in [3.05, 3.63) is 58.2 Å². The zero-order valence-electron chi connectivity index (χ0n) is 23.0. The molecule has 0 saturated carbocycles. The van der Waals surface area contributed by atoms with Crippen LogP contribution in [0.4, 0.5) is 10.9 Å². The Kier molecular flexibility index (Phi) is 9.36. The highest BCUT2D eigenvalue weighted by molar-refractivity contribution is 7.15. The number of nitrogens with zero attached hydrogens (tertiary/aromatic N) is 4. The van der Waals surface area contributed by atoms with Gasteiger partial charge in [-0.15, -0.1) is 15.3 Å². The van der Waals surface area contributed by atoms with Crippen LogP contribution in [-0.2, 0) is 44.7 Å². The summed E-state index contributed by atoms with van der Waals surface area (Å²) in [6.07, 6.45) is 4.59. The third kappa shape index (κ3) is 8.35. The van der Waals surface area contributed by atoms with Crippen LogP contribution in [0.25, 0.3) is 0 Å². The second kappa shape index (κ2) is 12.7. The number of unbranched alkanes of at least 4 members (excludes halogenated alkanes) is 1. The van der Waals surface area contributed by atoms with Gasteiger partial charge in [0.2, 0.25) is 16.9 Å². The summed E-state index contributed by atoms with van der Waals surface area (Å²) in [6, 6.07) is 11.7. The summed E-state index contributed by atoms with van der Waals surface area (Å²) in [5.41, 5.74) is 2.26. The second-order valence-electron chi connectivity index (χ2n) is 10.5. The number of benzene rings is 1. The molecule has 1 aliphatic rings. The molecule has 1 aliphatic heterocycles. The molecule has 3 heterocycles. The molecule has 0 unspecified atom stereocenters. The van der Waals surface area contributed by atoms with Crippen LogP contribution in [0, 0.1) is 5.41 Å². The Morgan fingerprint density at radius 2 is 1.67 bits per heavy atom. The van der Waals surface area contributed by atoms with E-state index < -0.39 is 11.2 Å². The highest BCUT2D eigenvalue weighted by Crippen LogP contribution is 2.30. The van der Waals surface area contributed by atoms with Crippen LogP contribution in [0.5, 0.6) is 0 Å². The van der Waals surface area contributed by atoms with Gasteiger partial charge in [0.1, 0.15) is 5.01 Å². The Bertz CT molecular complexity index is 1270. The molecule has 2 N–H and O–H groups in total. The Morgan fingerprint density at radius 3 is 2.38 bits per heavy atom. The van der Waals surface area contributed by atoms with E-state index in [1.807, 2.05) is 32.0 Å². The monoisotopic (exact) mass is 552 g/mol. The molecule has 39 heavy (non-hydrogen) atoms. The quantitative estimate of drug-likeness (QED) is 0.336. The fourth-order valence-corrected chi connectivity index (χ4v) is 4.80. The molecule has 1 saturated heterocycles. The number of aromatic nitrogens is 4. The fraction of sp³-hybridized carbons (Fsp3) is 0.500. The highest BCUT2D eigenvalue weighted by atomic mass is 32.1. The van der Waals surface area contributed by atoms with Crippen molar-refractivity contribution in [1.29, 1.82) is 0 Å². The van der Waals surface area contributed by atoms with Gasteiger partial charge in [0.25, 0.3) is 0 Å². The molecule has 11 heteroatoms. The molecule has 1 fully saturated rings. The maximum atomic E-state index is 12.7. The molecular formula is C28H36N6O4S. The van der Waals surface area contributed by atoms with Crippen LogP contribution in [0.15, 0.2) is 36.4 Å². The molecule has 4 rings (SSSR count). The fourth-order valence-electron chi connectivity index (χ4n) is 4.00. The molecule has 3 aromatic rings. The van der Waals surface area contributed by atoms with Crippen LogP contribution in [-0.4, -0.2) is 51.2 Å². The van der Waals surface area contributed by atoms with E-state index in [-0.39, 0.29) is 25.0 Å². The number of amides is 2. The zero-order chi connectivity index (χ0) is 27.9. The van der Waals surface area contributed by atoms with Crippen molar-refractivity contribution in [2.75, 3.05) is 23.8 Å². The highest BCUT2D eigenvalue weighted by Gasteiger charge is 2.42. The normalized spacial score (nSPS) is 16.0. The van der Waals surface area contributed by atoms with Crippen molar-refractivity contribution in [2.45, 2.75) is 72.0 Å². The lowest BCUT2D eigenvalue weighted by atomic mass is 9.90. The van der Waals surface area contributed by atoms with Crippen LogP contribution < -0.4 is 10.6 Å². The summed E-state index contributed by atoms with van der Waals surface area (Å²) in [4.78, 5) is 25.1. The lowest BCUT2D eigenvalue weighted by molar-refractivity contribution is -0.276. The van der Waals surface area contributed by atoms with Gasteiger partial charge < -0.3 is 20.1 Å². The van der Waals surface area contributed by atoms with Crippen molar-refractivity contribution in [3.63, 3.8) is 0 Å². The SMILES string of the molecule is CCc1cccc(CC(=O)Nc2nnc(CCCCc3ccc(NC(=O)C4(C)COC(C)(C)OC4)nn3)s2)c1. The van der Waals surface area contributed by atoms with Crippen molar-refractivity contribution in [3.8, 4) is 0 Å². The smallest absolute Gasteiger partial charge is 0.236 e. The molecule has 2 aromatic heterocycles. The third-order valence-electron chi connectivity index (χ3n) is 6.54.